The predicted molar refractivity (Wildman–Crippen MR) is 105 cm³/mol. The van der Waals surface area contributed by atoms with Gasteiger partial charge in [-0.1, -0.05) is 59.6 Å². The van der Waals surface area contributed by atoms with Crippen LogP contribution in [0, 0.1) is 0 Å². The number of hydrogen-bond donors (Lipinski definition) is 1. The quantitative estimate of drug-likeness (QED) is 0.835. The molecule has 26 heavy (non-hydrogen) atoms. The van der Waals surface area contributed by atoms with Crippen LogP contribution in [0.3, 0.4) is 0 Å². The molecule has 0 radical (unpaired) electrons. The van der Waals surface area contributed by atoms with Gasteiger partial charge in [0, 0.05) is 13.1 Å². The monoisotopic (exact) mass is 412 g/mol. The number of carbonyl (C=O) groups is 1. The van der Waals surface area contributed by atoms with Crippen molar-refractivity contribution in [3.8, 4) is 0 Å². The average molecular weight is 413 g/mol. The summed E-state index contributed by atoms with van der Waals surface area (Å²) in [5.74, 6) is -0.192. The van der Waals surface area contributed by atoms with E-state index in [4.69, 9.17) is 23.2 Å². The number of anilines is 1. The third-order valence-corrected chi connectivity index (χ3v) is 6.75. The Morgan fingerprint density at radius 1 is 1.00 bits per heavy atom. The molecule has 5 nitrogen and oxygen atoms in total. The highest BCUT2D eigenvalue weighted by molar-refractivity contribution is 7.91. The summed E-state index contributed by atoms with van der Waals surface area (Å²) >= 11 is 12.2. The Balaban J connectivity index is 1.88. The molecule has 1 atom stereocenters. The third-order valence-electron chi connectivity index (χ3n) is 4.32. The van der Waals surface area contributed by atoms with Crippen molar-refractivity contribution in [2.75, 3.05) is 29.9 Å². The van der Waals surface area contributed by atoms with E-state index >= 15 is 0 Å². The first-order chi connectivity index (χ1) is 12.4. The first-order valence-corrected chi connectivity index (χ1v) is 10.7. The molecule has 2 aromatic carbocycles. The van der Waals surface area contributed by atoms with Crippen molar-refractivity contribution in [3.05, 3.63) is 64.1 Å². The standard InChI is InChI=1S/C18H18Cl2N2O3S/c19-14-7-4-8-15(16(14)20)21-18(23)17(13-5-2-1-3-6-13)22-9-11-26(24,25)12-10-22/h1-8,17H,9-12H2,(H,21,23). The number of sulfone groups is 1. The SMILES string of the molecule is O=C(Nc1cccc(Cl)c1Cl)C(c1ccccc1)N1CCS(=O)(=O)CC1. The third kappa shape index (κ3) is 4.38. The van der Waals surface area contributed by atoms with Gasteiger partial charge in [-0.05, 0) is 17.7 Å². The molecule has 2 aromatic rings. The van der Waals surface area contributed by atoms with E-state index in [2.05, 4.69) is 5.32 Å². The summed E-state index contributed by atoms with van der Waals surface area (Å²) in [6.45, 7) is 0.608. The zero-order chi connectivity index (χ0) is 18.7. The Kier molecular flexibility index (Phi) is 5.87. The molecular weight excluding hydrogens is 395 g/mol. The summed E-state index contributed by atoms with van der Waals surface area (Å²) in [6.07, 6.45) is 0. The largest absolute Gasteiger partial charge is 0.323 e. The molecule has 1 amide bonds. The van der Waals surface area contributed by atoms with E-state index in [-0.39, 0.29) is 22.4 Å². The van der Waals surface area contributed by atoms with Gasteiger partial charge in [0.1, 0.15) is 6.04 Å². The maximum absolute atomic E-state index is 13.0. The molecule has 1 N–H and O–H groups in total. The van der Waals surface area contributed by atoms with Crippen molar-refractivity contribution in [1.82, 2.24) is 4.90 Å². The number of halogens is 2. The Morgan fingerprint density at radius 3 is 2.31 bits per heavy atom. The summed E-state index contributed by atoms with van der Waals surface area (Å²) in [6, 6.07) is 13.7. The second-order valence-corrected chi connectivity index (χ2v) is 9.18. The number of nitrogens with one attached hydrogen (secondary N) is 1. The maximum atomic E-state index is 13.0. The topological polar surface area (TPSA) is 66.5 Å². The van der Waals surface area contributed by atoms with Crippen LogP contribution >= 0.6 is 23.2 Å². The van der Waals surface area contributed by atoms with Gasteiger partial charge in [-0.3, -0.25) is 9.69 Å². The van der Waals surface area contributed by atoms with E-state index in [1.54, 1.807) is 18.2 Å². The smallest absolute Gasteiger partial charge is 0.246 e. The lowest BCUT2D eigenvalue weighted by Gasteiger charge is -2.33. The minimum absolute atomic E-state index is 0.0432. The van der Waals surface area contributed by atoms with Gasteiger partial charge in [-0.15, -0.1) is 0 Å². The van der Waals surface area contributed by atoms with E-state index < -0.39 is 15.9 Å². The molecule has 1 aliphatic rings. The van der Waals surface area contributed by atoms with Crippen LogP contribution in [0.1, 0.15) is 11.6 Å². The van der Waals surface area contributed by atoms with Crippen molar-refractivity contribution < 1.29 is 13.2 Å². The molecule has 0 aliphatic carbocycles. The average Bonchev–Trinajstić information content (AvgIpc) is 2.61. The van der Waals surface area contributed by atoms with Crippen molar-refractivity contribution in [2.24, 2.45) is 0 Å². The lowest BCUT2D eigenvalue weighted by molar-refractivity contribution is -0.121. The zero-order valence-corrected chi connectivity index (χ0v) is 16.2. The first kappa shape index (κ1) is 19.2. The van der Waals surface area contributed by atoms with Crippen LogP contribution in [0.5, 0.6) is 0 Å². The van der Waals surface area contributed by atoms with Gasteiger partial charge in [0.05, 0.1) is 27.2 Å². The zero-order valence-electron chi connectivity index (χ0n) is 13.9. The Hall–Kier alpha value is -1.60. The van der Waals surface area contributed by atoms with E-state index in [0.29, 0.717) is 23.8 Å². The predicted octanol–water partition coefficient (Wildman–Crippen LogP) is 3.40. The molecule has 0 saturated carbocycles. The van der Waals surface area contributed by atoms with Crippen molar-refractivity contribution in [2.45, 2.75) is 6.04 Å². The summed E-state index contributed by atoms with van der Waals surface area (Å²) in [5, 5.41) is 3.45. The molecular formula is C18H18Cl2N2O3S. The summed E-state index contributed by atoms with van der Waals surface area (Å²) in [7, 11) is -3.04. The highest BCUT2D eigenvalue weighted by Gasteiger charge is 2.32. The van der Waals surface area contributed by atoms with Gasteiger partial charge in [-0.25, -0.2) is 8.42 Å². The van der Waals surface area contributed by atoms with E-state index in [1.807, 2.05) is 35.2 Å². The van der Waals surface area contributed by atoms with Gasteiger partial charge < -0.3 is 5.32 Å². The van der Waals surface area contributed by atoms with Gasteiger partial charge in [0.2, 0.25) is 5.91 Å². The number of benzene rings is 2. The number of hydrogen-bond acceptors (Lipinski definition) is 4. The van der Waals surface area contributed by atoms with E-state index in [9.17, 15) is 13.2 Å². The summed E-state index contributed by atoms with van der Waals surface area (Å²) < 4.78 is 23.5. The molecule has 0 aromatic heterocycles. The molecule has 138 valence electrons. The summed E-state index contributed by atoms with van der Waals surface area (Å²) in [4.78, 5) is 14.9. The molecule has 0 spiro atoms. The lowest BCUT2D eigenvalue weighted by atomic mass is 10.0. The maximum Gasteiger partial charge on any atom is 0.246 e. The van der Waals surface area contributed by atoms with Crippen LogP contribution in [0.2, 0.25) is 10.0 Å². The molecule has 8 heteroatoms. The van der Waals surface area contributed by atoms with Crippen LogP contribution in [0.15, 0.2) is 48.5 Å². The number of amides is 1. The van der Waals surface area contributed by atoms with Gasteiger partial charge in [0.25, 0.3) is 0 Å². The molecule has 3 rings (SSSR count). The molecule has 1 aliphatic heterocycles. The summed E-state index contributed by atoms with van der Waals surface area (Å²) in [5.41, 5.74) is 1.22. The number of rotatable bonds is 4. The van der Waals surface area contributed by atoms with E-state index in [1.165, 1.54) is 0 Å². The molecule has 1 saturated heterocycles. The first-order valence-electron chi connectivity index (χ1n) is 8.12. The minimum Gasteiger partial charge on any atom is -0.323 e. The van der Waals surface area contributed by atoms with Gasteiger partial charge in [0.15, 0.2) is 9.84 Å². The van der Waals surface area contributed by atoms with Crippen LogP contribution in [-0.2, 0) is 14.6 Å². The highest BCUT2D eigenvalue weighted by atomic mass is 35.5. The highest BCUT2D eigenvalue weighted by Crippen LogP contribution is 2.31. The normalized spacial score (nSPS) is 18.2. The fourth-order valence-corrected chi connectivity index (χ4v) is 4.53. The Labute approximate surface area is 162 Å². The number of carbonyl (C=O) groups excluding carboxylic acids is 1. The lowest BCUT2D eigenvalue weighted by Crippen LogP contribution is -2.46. The van der Waals surface area contributed by atoms with Crippen LogP contribution in [0.4, 0.5) is 5.69 Å². The van der Waals surface area contributed by atoms with E-state index in [0.717, 1.165) is 5.56 Å². The Morgan fingerprint density at radius 2 is 1.65 bits per heavy atom. The second kappa shape index (κ2) is 7.96. The molecule has 0 bridgehead atoms. The fourth-order valence-electron chi connectivity index (χ4n) is 2.95. The van der Waals surface area contributed by atoms with Crippen molar-refractivity contribution >= 4 is 44.6 Å². The van der Waals surface area contributed by atoms with Crippen LogP contribution < -0.4 is 5.32 Å². The minimum atomic E-state index is -3.04. The Bertz CT molecular complexity index is 890. The van der Waals surface area contributed by atoms with Crippen molar-refractivity contribution in [3.63, 3.8) is 0 Å². The number of nitrogens with zero attached hydrogens (tertiary/aromatic N) is 1. The van der Waals surface area contributed by atoms with Gasteiger partial charge in [-0.2, -0.15) is 0 Å². The molecule has 1 unspecified atom stereocenters. The second-order valence-electron chi connectivity index (χ2n) is 6.09. The van der Waals surface area contributed by atoms with Crippen LogP contribution in [-0.4, -0.2) is 43.8 Å². The van der Waals surface area contributed by atoms with Gasteiger partial charge >= 0.3 is 0 Å². The molecule has 1 heterocycles. The van der Waals surface area contributed by atoms with Crippen LogP contribution in [0.25, 0.3) is 0 Å². The van der Waals surface area contributed by atoms with Crippen molar-refractivity contribution in [1.29, 1.82) is 0 Å². The fraction of sp³-hybridized carbons (Fsp3) is 0.278. The molecule has 1 fully saturated rings.